The summed E-state index contributed by atoms with van der Waals surface area (Å²) < 4.78 is 12.4. The number of rotatable bonds is 7. The van der Waals surface area contributed by atoms with Gasteiger partial charge >= 0.3 is 0 Å². The predicted molar refractivity (Wildman–Crippen MR) is 122 cm³/mol. The number of fused-ring (bicyclic) bond motifs is 1. The number of halogens is 1. The highest BCUT2D eigenvalue weighted by Gasteiger charge is 2.22. The van der Waals surface area contributed by atoms with Crippen LogP contribution in [0.25, 0.3) is 16.8 Å². The molecule has 2 heterocycles. The zero-order valence-electron chi connectivity index (χ0n) is 17.9. The molecule has 164 valence electrons. The second kappa shape index (κ2) is 9.33. The Morgan fingerprint density at radius 2 is 1.94 bits per heavy atom. The number of aryl methyl sites for hydroxylation is 1. The van der Waals surface area contributed by atoms with Crippen molar-refractivity contribution < 1.29 is 14.3 Å². The van der Waals surface area contributed by atoms with Crippen LogP contribution in [0.4, 0.5) is 5.69 Å². The molecule has 2 aromatic carbocycles. The van der Waals surface area contributed by atoms with Crippen molar-refractivity contribution in [2.45, 2.75) is 20.5 Å². The monoisotopic (exact) mass is 451 g/mol. The number of carbonyl (C=O) groups is 1. The molecule has 9 heteroatoms. The molecule has 32 heavy (non-hydrogen) atoms. The summed E-state index contributed by atoms with van der Waals surface area (Å²) in [7, 11) is 1.60. The summed E-state index contributed by atoms with van der Waals surface area (Å²) in [5.41, 5.74) is 4.17. The number of amides is 1. The predicted octanol–water partition coefficient (Wildman–Crippen LogP) is 4.55. The molecule has 1 amide bonds. The number of nitrogens with one attached hydrogen (secondary N) is 1. The van der Waals surface area contributed by atoms with Crippen molar-refractivity contribution in [3.63, 3.8) is 0 Å². The maximum Gasteiger partial charge on any atom is 0.278 e. The summed E-state index contributed by atoms with van der Waals surface area (Å²) in [5, 5.41) is 16.6. The number of hydrogen-bond donors (Lipinski definition) is 1. The molecule has 0 aliphatic carbocycles. The maximum absolute atomic E-state index is 12.9. The van der Waals surface area contributed by atoms with Gasteiger partial charge in [-0.3, -0.25) is 4.79 Å². The van der Waals surface area contributed by atoms with E-state index in [4.69, 9.17) is 21.1 Å². The second-order valence-corrected chi connectivity index (χ2v) is 7.48. The smallest absolute Gasteiger partial charge is 0.278 e. The van der Waals surface area contributed by atoms with Crippen LogP contribution in [0.3, 0.4) is 0 Å². The van der Waals surface area contributed by atoms with E-state index < -0.39 is 0 Å². The van der Waals surface area contributed by atoms with Crippen molar-refractivity contribution in [3.05, 3.63) is 70.6 Å². The SMILES string of the molecule is CCOc1ccc(NC(=O)c2nnc3c(-c4cccc(Cl)c4)c(COC)nn3c2C)cc1. The third-order valence-corrected chi connectivity index (χ3v) is 5.11. The Labute approximate surface area is 190 Å². The van der Waals surface area contributed by atoms with E-state index in [1.54, 1.807) is 48.9 Å². The number of nitrogens with zero attached hydrogens (tertiary/aromatic N) is 4. The highest BCUT2D eigenvalue weighted by Crippen LogP contribution is 2.30. The highest BCUT2D eigenvalue weighted by atomic mass is 35.5. The van der Waals surface area contributed by atoms with E-state index in [1.165, 1.54) is 0 Å². The summed E-state index contributed by atoms with van der Waals surface area (Å²) in [5.74, 6) is 0.354. The fraction of sp³-hybridized carbons (Fsp3) is 0.217. The molecule has 0 spiro atoms. The summed E-state index contributed by atoms with van der Waals surface area (Å²) in [6.45, 7) is 4.55. The van der Waals surface area contributed by atoms with Gasteiger partial charge in [-0.1, -0.05) is 23.7 Å². The van der Waals surface area contributed by atoms with Crippen LogP contribution in [0.15, 0.2) is 48.5 Å². The normalized spacial score (nSPS) is 11.0. The molecule has 8 nitrogen and oxygen atoms in total. The molecule has 2 aromatic heterocycles. The molecule has 0 fully saturated rings. The molecule has 0 radical (unpaired) electrons. The summed E-state index contributed by atoms with van der Waals surface area (Å²) in [6.07, 6.45) is 0. The third kappa shape index (κ3) is 4.28. The standard InChI is InChI=1S/C23H22ClN5O3/c1-4-32-18-10-8-17(9-11-18)25-23(30)21-14(2)29-22(27-26-21)20(19(28-29)13-31-3)15-6-5-7-16(24)12-15/h5-12H,4,13H2,1-3H3,(H,25,30). The van der Waals surface area contributed by atoms with Gasteiger partial charge in [-0.05, 0) is 55.8 Å². The van der Waals surface area contributed by atoms with Gasteiger partial charge in [-0.2, -0.15) is 5.10 Å². The number of ether oxygens (including phenoxy) is 2. The van der Waals surface area contributed by atoms with Crippen molar-refractivity contribution in [3.8, 4) is 16.9 Å². The summed E-state index contributed by atoms with van der Waals surface area (Å²) in [6, 6.07) is 14.5. The molecule has 0 aliphatic rings. The van der Waals surface area contributed by atoms with Gasteiger partial charge in [0.2, 0.25) is 0 Å². The molecule has 0 atom stereocenters. The lowest BCUT2D eigenvalue weighted by Gasteiger charge is -2.09. The zero-order valence-corrected chi connectivity index (χ0v) is 18.7. The molecule has 0 unspecified atom stereocenters. The van der Waals surface area contributed by atoms with Gasteiger partial charge < -0.3 is 14.8 Å². The fourth-order valence-corrected chi connectivity index (χ4v) is 3.62. The number of aromatic nitrogens is 4. The van der Waals surface area contributed by atoms with Crippen LogP contribution in [-0.4, -0.2) is 39.4 Å². The molecular weight excluding hydrogens is 430 g/mol. The Morgan fingerprint density at radius 1 is 1.16 bits per heavy atom. The van der Waals surface area contributed by atoms with Crippen LogP contribution in [-0.2, 0) is 11.3 Å². The van der Waals surface area contributed by atoms with E-state index in [-0.39, 0.29) is 18.2 Å². The lowest BCUT2D eigenvalue weighted by Crippen LogP contribution is -2.18. The fourth-order valence-electron chi connectivity index (χ4n) is 3.43. The highest BCUT2D eigenvalue weighted by molar-refractivity contribution is 6.30. The first-order chi connectivity index (χ1) is 15.5. The quantitative estimate of drug-likeness (QED) is 0.443. The van der Waals surface area contributed by atoms with Gasteiger partial charge in [0.15, 0.2) is 11.3 Å². The number of carbonyl (C=O) groups excluding carboxylic acids is 1. The van der Waals surface area contributed by atoms with E-state index >= 15 is 0 Å². The molecular formula is C23H22ClN5O3. The first-order valence-corrected chi connectivity index (χ1v) is 10.4. The molecule has 0 aliphatic heterocycles. The van der Waals surface area contributed by atoms with E-state index in [2.05, 4.69) is 20.6 Å². The lowest BCUT2D eigenvalue weighted by atomic mass is 10.1. The number of benzene rings is 2. The van der Waals surface area contributed by atoms with Crippen molar-refractivity contribution in [2.24, 2.45) is 0 Å². The topological polar surface area (TPSA) is 90.6 Å². The van der Waals surface area contributed by atoms with E-state index in [1.807, 2.05) is 25.1 Å². The molecule has 1 N–H and O–H groups in total. The minimum atomic E-state index is -0.380. The van der Waals surface area contributed by atoms with Gasteiger partial charge in [0.05, 0.1) is 30.2 Å². The molecule has 0 bridgehead atoms. The number of hydrogen-bond acceptors (Lipinski definition) is 6. The van der Waals surface area contributed by atoms with Gasteiger partial charge in [0.1, 0.15) is 5.75 Å². The van der Waals surface area contributed by atoms with Gasteiger partial charge in [0, 0.05) is 17.8 Å². The summed E-state index contributed by atoms with van der Waals surface area (Å²) in [4.78, 5) is 12.9. The van der Waals surface area contributed by atoms with Crippen LogP contribution in [0, 0.1) is 6.92 Å². The van der Waals surface area contributed by atoms with Crippen molar-refractivity contribution in [2.75, 3.05) is 19.0 Å². The van der Waals surface area contributed by atoms with Crippen LogP contribution < -0.4 is 10.1 Å². The maximum atomic E-state index is 12.9. The number of methoxy groups -OCH3 is 1. The average molecular weight is 452 g/mol. The van der Waals surface area contributed by atoms with Crippen LogP contribution in [0.2, 0.25) is 5.02 Å². The molecule has 0 saturated carbocycles. The van der Waals surface area contributed by atoms with E-state index in [9.17, 15) is 4.79 Å². The van der Waals surface area contributed by atoms with Crippen molar-refractivity contribution in [1.29, 1.82) is 0 Å². The Balaban J connectivity index is 1.71. The average Bonchev–Trinajstić information content (AvgIpc) is 3.15. The summed E-state index contributed by atoms with van der Waals surface area (Å²) >= 11 is 6.19. The number of anilines is 1. The Bertz CT molecular complexity index is 1270. The zero-order chi connectivity index (χ0) is 22.7. The second-order valence-electron chi connectivity index (χ2n) is 7.05. The van der Waals surface area contributed by atoms with Crippen molar-refractivity contribution in [1.82, 2.24) is 19.8 Å². The van der Waals surface area contributed by atoms with Crippen LogP contribution in [0.5, 0.6) is 5.75 Å². The minimum absolute atomic E-state index is 0.176. The molecule has 4 rings (SSSR count). The van der Waals surface area contributed by atoms with Crippen molar-refractivity contribution >= 4 is 28.8 Å². The Morgan fingerprint density at radius 3 is 2.62 bits per heavy atom. The lowest BCUT2D eigenvalue weighted by molar-refractivity contribution is 0.102. The molecule has 4 aromatic rings. The first-order valence-electron chi connectivity index (χ1n) is 10.1. The van der Waals surface area contributed by atoms with Crippen LogP contribution >= 0.6 is 11.6 Å². The van der Waals surface area contributed by atoms with E-state index in [0.717, 1.165) is 16.9 Å². The van der Waals surface area contributed by atoms with E-state index in [0.29, 0.717) is 34.4 Å². The third-order valence-electron chi connectivity index (χ3n) is 4.87. The minimum Gasteiger partial charge on any atom is -0.494 e. The van der Waals surface area contributed by atoms with Gasteiger partial charge in [0.25, 0.3) is 5.91 Å². The first kappa shape index (κ1) is 21.7. The Hall–Kier alpha value is -3.49. The van der Waals surface area contributed by atoms with Crippen LogP contribution in [0.1, 0.15) is 28.8 Å². The van der Waals surface area contributed by atoms with Gasteiger partial charge in [-0.25, -0.2) is 4.52 Å². The van der Waals surface area contributed by atoms with Gasteiger partial charge in [-0.15, -0.1) is 10.2 Å². The Kier molecular flexibility index (Phi) is 6.34. The largest absolute Gasteiger partial charge is 0.494 e. The molecule has 0 saturated heterocycles.